The fraction of sp³-hybridized carbons (Fsp3) is 0.500. The number of hydrogen-bond donors (Lipinski definition) is 0. The molecule has 0 aliphatic rings. The van der Waals surface area contributed by atoms with Gasteiger partial charge in [0.2, 0.25) is 0 Å². The van der Waals surface area contributed by atoms with Crippen molar-refractivity contribution in [3.8, 4) is 17.2 Å². The maximum Gasteiger partial charge on any atom is 0.122 e. The Morgan fingerprint density at radius 1 is 0.963 bits per heavy atom. The standard InChI is InChI=1S/C24H34O3/c1-7-20-9-14-23(18(3)17-20)26-19(4)15-16-25-21-10-12-22(13-11-21)27-24(5,6)8-2/h9-14,17,19H,7-8,15-16H2,1-6H3. The first-order valence-electron chi connectivity index (χ1n) is 10.0. The molecule has 27 heavy (non-hydrogen) atoms. The van der Waals surface area contributed by atoms with E-state index in [9.17, 15) is 0 Å². The van der Waals surface area contributed by atoms with Crippen molar-refractivity contribution in [2.24, 2.45) is 0 Å². The van der Waals surface area contributed by atoms with Crippen LogP contribution in [0.25, 0.3) is 0 Å². The number of hydrogen-bond acceptors (Lipinski definition) is 3. The van der Waals surface area contributed by atoms with E-state index in [1.54, 1.807) is 0 Å². The van der Waals surface area contributed by atoms with Crippen molar-refractivity contribution in [1.29, 1.82) is 0 Å². The van der Waals surface area contributed by atoms with Crippen LogP contribution in [0.2, 0.25) is 0 Å². The zero-order valence-electron chi connectivity index (χ0n) is 17.7. The highest BCUT2D eigenvalue weighted by atomic mass is 16.5. The van der Waals surface area contributed by atoms with Crippen molar-refractivity contribution >= 4 is 0 Å². The highest BCUT2D eigenvalue weighted by Crippen LogP contribution is 2.24. The van der Waals surface area contributed by atoms with E-state index in [-0.39, 0.29) is 11.7 Å². The van der Waals surface area contributed by atoms with Gasteiger partial charge in [-0.15, -0.1) is 0 Å². The van der Waals surface area contributed by atoms with Crippen LogP contribution in [0.4, 0.5) is 0 Å². The second-order valence-corrected chi connectivity index (χ2v) is 7.71. The number of benzene rings is 2. The van der Waals surface area contributed by atoms with Gasteiger partial charge < -0.3 is 14.2 Å². The van der Waals surface area contributed by atoms with Gasteiger partial charge in [0.05, 0.1) is 12.7 Å². The molecule has 3 nitrogen and oxygen atoms in total. The van der Waals surface area contributed by atoms with E-state index in [0.29, 0.717) is 6.61 Å². The molecule has 0 saturated heterocycles. The van der Waals surface area contributed by atoms with Crippen LogP contribution in [0.5, 0.6) is 17.2 Å². The summed E-state index contributed by atoms with van der Waals surface area (Å²) in [5.74, 6) is 2.68. The summed E-state index contributed by atoms with van der Waals surface area (Å²) in [6.45, 7) is 13.3. The lowest BCUT2D eigenvalue weighted by molar-refractivity contribution is 0.105. The van der Waals surface area contributed by atoms with Crippen LogP contribution in [-0.2, 0) is 6.42 Å². The molecular formula is C24H34O3. The lowest BCUT2D eigenvalue weighted by Gasteiger charge is -2.24. The maximum absolute atomic E-state index is 6.07. The number of rotatable bonds is 10. The molecule has 0 radical (unpaired) electrons. The van der Waals surface area contributed by atoms with Crippen LogP contribution in [-0.4, -0.2) is 18.3 Å². The van der Waals surface area contributed by atoms with Crippen molar-refractivity contribution in [1.82, 2.24) is 0 Å². The minimum absolute atomic E-state index is 0.101. The first kappa shape index (κ1) is 21.1. The van der Waals surface area contributed by atoms with Crippen molar-refractivity contribution in [3.05, 3.63) is 53.6 Å². The van der Waals surface area contributed by atoms with Gasteiger partial charge in [-0.05, 0) is 82.0 Å². The van der Waals surface area contributed by atoms with Gasteiger partial charge in [-0.2, -0.15) is 0 Å². The van der Waals surface area contributed by atoms with Gasteiger partial charge in [0.15, 0.2) is 0 Å². The van der Waals surface area contributed by atoms with Gasteiger partial charge in [-0.3, -0.25) is 0 Å². The SMILES string of the molecule is CCc1ccc(OC(C)CCOc2ccc(OC(C)(C)CC)cc2)c(C)c1. The van der Waals surface area contributed by atoms with Gasteiger partial charge in [-0.25, -0.2) is 0 Å². The largest absolute Gasteiger partial charge is 0.493 e. The average molecular weight is 371 g/mol. The van der Waals surface area contributed by atoms with Gasteiger partial charge >= 0.3 is 0 Å². The van der Waals surface area contributed by atoms with Gasteiger partial charge in [-0.1, -0.05) is 26.0 Å². The molecule has 2 aromatic carbocycles. The molecule has 1 unspecified atom stereocenters. The summed E-state index contributed by atoms with van der Waals surface area (Å²) < 4.78 is 17.9. The summed E-state index contributed by atoms with van der Waals surface area (Å²) in [6.07, 6.45) is 2.94. The van der Waals surface area contributed by atoms with Crippen molar-refractivity contribution in [2.45, 2.75) is 72.5 Å². The first-order chi connectivity index (χ1) is 12.8. The fourth-order valence-electron chi connectivity index (χ4n) is 2.68. The molecule has 3 heteroatoms. The van der Waals surface area contributed by atoms with Crippen LogP contribution in [0, 0.1) is 6.92 Å². The van der Waals surface area contributed by atoms with E-state index >= 15 is 0 Å². The molecule has 0 aliphatic carbocycles. The van der Waals surface area contributed by atoms with E-state index in [1.165, 1.54) is 11.1 Å². The van der Waals surface area contributed by atoms with Gasteiger partial charge in [0.1, 0.15) is 22.8 Å². The molecule has 1 atom stereocenters. The Kier molecular flexibility index (Phi) is 7.58. The second-order valence-electron chi connectivity index (χ2n) is 7.71. The molecule has 2 aromatic rings. The van der Waals surface area contributed by atoms with Crippen LogP contribution >= 0.6 is 0 Å². The normalized spacial score (nSPS) is 12.5. The Morgan fingerprint density at radius 3 is 2.22 bits per heavy atom. The zero-order valence-corrected chi connectivity index (χ0v) is 17.7. The maximum atomic E-state index is 6.07. The highest BCUT2D eigenvalue weighted by molar-refractivity contribution is 5.36. The summed E-state index contributed by atoms with van der Waals surface area (Å²) >= 11 is 0. The third-order valence-electron chi connectivity index (χ3n) is 4.84. The summed E-state index contributed by atoms with van der Waals surface area (Å²) in [5, 5.41) is 0. The topological polar surface area (TPSA) is 27.7 Å². The van der Waals surface area contributed by atoms with E-state index in [1.807, 2.05) is 24.3 Å². The van der Waals surface area contributed by atoms with Crippen molar-refractivity contribution in [2.75, 3.05) is 6.61 Å². The quantitative estimate of drug-likeness (QED) is 0.487. The monoisotopic (exact) mass is 370 g/mol. The highest BCUT2D eigenvalue weighted by Gasteiger charge is 2.16. The lowest BCUT2D eigenvalue weighted by Crippen LogP contribution is -2.26. The molecular weight excluding hydrogens is 336 g/mol. The molecule has 0 aromatic heterocycles. The predicted octanol–water partition coefficient (Wildman–Crippen LogP) is 6.36. The Morgan fingerprint density at radius 2 is 1.63 bits per heavy atom. The van der Waals surface area contributed by atoms with Crippen LogP contribution in [0.3, 0.4) is 0 Å². The number of aryl methyl sites for hydroxylation is 2. The Bertz CT molecular complexity index is 704. The number of ether oxygens (including phenoxy) is 3. The van der Waals surface area contributed by atoms with Gasteiger partial charge in [0, 0.05) is 6.42 Å². The van der Waals surface area contributed by atoms with E-state index < -0.39 is 0 Å². The minimum atomic E-state index is -0.150. The second kappa shape index (κ2) is 9.68. The fourth-order valence-corrected chi connectivity index (χ4v) is 2.68. The van der Waals surface area contributed by atoms with Crippen molar-refractivity contribution in [3.63, 3.8) is 0 Å². The molecule has 0 bridgehead atoms. The lowest BCUT2D eigenvalue weighted by atomic mass is 10.1. The smallest absolute Gasteiger partial charge is 0.122 e. The summed E-state index contributed by atoms with van der Waals surface area (Å²) in [5.41, 5.74) is 2.38. The Balaban J connectivity index is 1.78. The molecule has 0 aliphatic heterocycles. The van der Waals surface area contributed by atoms with E-state index in [0.717, 1.165) is 36.5 Å². The Labute approximate surface area is 164 Å². The first-order valence-corrected chi connectivity index (χ1v) is 10.0. The summed E-state index contributed by atoms with van der Waals surface area (Å²) in [7, 11) is 0. The molecule has 0 spiro atoms. The van der Waals surface area contributed by atoms with Crippen LogP contribution < -0.4 is 14.2 Å². The molecule has 0 amide bonds. The third-order valence-corrected chi connectivity index (χ3v) is 4.84. The minimum Gasteiger partial charge on any atom is -0.493 e. The predicted molar refractivity (Wildman–Crippen MR) is 112 cm³/mol. The molecule has 2 rings (SSSR count). The van der Waals surface area contributed by atoms with Crippen LogP contribution in [0.15, 0.2) is 42.5 Å². The zero-order chi connectivity index (χ0) is 19.9. The average Bonchev–Trinajstić information content (AvgIpc) is 2.64. The van der Waals surface area contributed by atoms with Crippen LogP contribution in [0.1, 0.15) is 58.6 Å². The molecule has 0 saturated carbocycles. The molecule has 0 fully saturated rings. The summed E-state index contributed by atoms with van der Waals surface area (Å²) in [4.78, 5) is 0. The third kappa shape index (κ3) is 6.82. The van der Waals surface area contributed by atoms with Gasteiger partial charge in [0.25, 0.3) is 0 Å². The Hall–Kier alpha value is -2.16. The molecule has 148 valence electrons. The van der Waals surface area contributed by atoms with E-state index in [4.69, 9.17) is 14.2 Å². The van der Waals surface area contributed by atoms with Crippen molar-refractivity contribution < 1.29 is 14.2 Å². The van der Waals surface area contributed by atoms with E-state index in [2.05, 4.69) is 59.7 Å². The molecule has 0 heterocycles. The molecule has 0 N–H and O–H groups in total. The summed E-state index contributed by atoms with van der Waals surface area (Å²) in [6, 6.07) is 14.2.